The van der Waals surface area contributed by atoms with Crippen LogP contribution in [0.3, 0.4) is 0 Å². The summed E-state index contributed by atoms with van der Waals surface area (Å²) in [7, 11) is 3.45. The average molecular weight is 380 g/mol. The van der Waals surface area contributed by atoms with Gasteiger partial charge in [0.05, 0.1) is 18.3 Å². The lowest BCUT2D eigenvalue weighted by atomic mass is 10.1. The summed E-state index contributed by atoms with van der Waals surface area (Å²) in [6.45, 7) is 8.12. The van der Waals surface area contributed by atoms with Crippen molar-refractivity contribution in [2.45, 2.75) is 40.3 Å². The van der Waals surface area contributed by atoms with Crippen LogP contribution in [0.25, 0.3) is 11.2 Å². The van der Waals surface area contributed by atoms with Crippen LogP contribution in [0.4, 0.5) is 5.95 Å². The van der Waals surface area contributed by atoms with Gasteiger partial charge in [-0.05, 0) is 38.8 Å². The van der Waals surface area contributed by atoms with Gasteiger partial charge in [-0.15, -0.1) is 0 Å². The molecule has 0 saturated heterocycles. The quantitative estimate of drug-likeness (QED) is 0.681. The van der Waals surface area contributed by atoms with E-state index in [9.17, 15) is 9.59 Å². The van der Waals surface area contributed by atoms with Gasteiger partial charge in [0.2, 0.25) is 5.95 Å². The van der Waals surface area contributed by atoms with E-state index in [4.69, 9.17) is 0 Å². The van der Waals surface area contributed by atoms with E-state index in [1.54, 1.807) is 19.1 Å². The first-order valence-electron chi connectivity index (χ1n) is 9.27. The molecule has 1 aliphatic heterocycles. The summed E-state index contributed by atoms with van der Waals surface area (Å²) >= 11 is 0. The highest BCUT2D eigenvalue weighted by Gasteiger charge is 2.29. The Balaban J connectivity index is 2.02. The smallest absolute Gasteiger partial charge is 0.294 e. The van der Waals surface area contributed by atoms with Gasteiger partial charge in [-0.3, -0.25) is 18.5 Å². The molecule has 4 rings (SSSR count). The molecule has 0 spiro atoms. The molecule has 1 atom stereocenters. The van der Waals surface area contributed by atoms with Crippen LogP contribution in [0.1, 0.15) is 36.6 Å². The lowest BCUT2D eigenvalue weighted by Crippen LogP contribution is -2.40. The number of imidazole rings is 1. The van der Waals surface area contributed by atoms with Crippen LogP contribution in [0, 0.1) is 13.8 Å². The second-order valence-electron chi connectivity index (χ2n) is 7.56. The summed E-state index contributed by atoms with van der Waals surface area (Å²) in [5.74, 6) is 0.560. The predicted octanol–water partition coefficient (Wildman–Crippen LogP) is 1.95. The molecule has 0 unspecified atom stereocenters. The molecular formula is C20H24N6O2. The van der Waals surface area contributed by atoms with Gasteiger partial charge in [-0.25, -0.2) is 9.80 Å². The van der Waals surface area contributed by atoms with E-state index in [1.807, 2.05) is 50.5 Å². The molecule has 8 heteroatoms. The Labute approximate surface area is 162 Å². The predicted molar refractivity (Wildman–Crippen MR) is 110 cm³/mol. The lowest BCUT2D eigenvalue weighted by Gasteiger charge is -2.26. The van der Waals surface area contributed by atoms with Crippen LogP contribution >= 0.6 is 0 Å². The molecule has 0 amide bonds. The molecule has 0 aliphatic carbocycles. The van der Waals surface area contributed by atoms with Gasteiger partial charge in [0.1, 0.15) is 0 Å². The fourth-order valence-electron chi connectivity index (χ4n) is 3.76. The van der Waals surface area contributed by atoms with Crippen LogP contribution in [0.5, 0.6) is 0 Å². The van der Waals surface area contributed by atoms with E-state index < -0.39 is 0 Å². The number of hydrogen-bond acceptors (Lipinski definition) is 5. The second-order valence-corrected chi connectivity index (χ2v) is 7.56. The van der Waals surface area contributed by atoms with Crippen molar-refractivity contribution in [3.8, 4) is 0 Å². The van der Waals surface area contributed by atoms with Crippen LogP contribution in [0.2, 0.25) is 0 Å². The fraction of sp³-hybridized carbons (Fsp3) is 0.400. The third kappa shape index (κ3) is 2.51. The SMILES string of the molecule is CC1=NN(C)c2nc3c(c(=O)n(Cc4cc(C)ccc4C)c(=O)n3C)n2[C@H]1C. The molecule has 3 heterocycles. The van der Waals surface area contributed by atoms with Crippen molar-refractivity contribution in [1.29, 1.82) is 0 Å². The molecule has 0 saturated carbocycles. The first-order valence-corrected chi connectivity index (χ1v) is 9.27. The standard InChI is InChI=1S/C20H24N6O2/c1-11-7-8-12(2)15(9-11)10-25-18(27)16-17(23(5)20(25)28)21-19-24(6)22-13(3)14(4)26(16)19/h7-9,14H,10H2,1-6H3/t14-/m0/s1. The number of rotatable bonds is 2. The molecule has 1 aliphatic rings. The Hall–Kier alpha value is -3.16. The largest absolute Gasteiger partial charge is 0.332 e. The monoisotopic (exact) mass is 380 g/mol. The first-order chi connectivity index (χ1) is 13.2. The van der Waals surface area contributed by atoms with Crippen molar-refractivity contribution in [2.24, 2.45) is 12.1 Å². The molecule has 0 bridgehead atoms. The maximum Gasteiger partial charge on any atom is 0.332 e. The Morgan fingerprint density at radius 3 is 2.54 bits per heavy atom. The third-order valence-electron chi connectivity index (χ3n) is 5.58. The molecule has 28 heavy (non-hydrogen) atoms. The van der Waals surface area contributed by atoms with E-state index in [1.165, 1.54) is 9.13 Å². The highest BCUT2D eigenvalue weighted by atomic mass is 16.2. The van der Waals surface area contributed by atoms with E-state index >= 15 is 0 Å². The molecule has 3 aromatic rings. The number of hydrogen-bond donors (Lipinski definition) is 0. The van der Waals surface area contributed by atoms with Gasteiger partial charge < -0.3 is 0 Å². The summed E-state index contributed by atoms with van der Waals surface area (Å²) in [5, 5.41) is 6.11. The third-order valence-corrected chi connectivity index (χ3v) is 5.58. The highest BCUT2D eigenvalue weighted by molar-refractivity contribution is 5.90. The minimum atomic E-state index is -0.373. The molecule has 1 aromatic carbocycles. The van der Waals surface area contributed by atoms with Crippen molar-refractivity contribution in [3.05, 3.63) is 55.7 Å². The van der Waals surface area contributed by atoms with Gasteiger partial charge in [0, 0.05) is 14.1 Å². The van der Waals surface area contributed by atoms with E-state index in [0.717, 1.165) is 22.4 Å². The summed E-state index contributed by atoms with van der Waals surface area (Å²) < 4.78 is 4.62. The molecule has 0 radical (unpaired) electrons. The normalized spacial score (nSPS) is 16.4. The first kappa shape index (κ1) is 18.2. The average Bonchev–Trinajstić information content (AvgIpc) is 3.06. The number of hydrazone groups is 1. The van der Waals surface area contributed by atoms with Crippen molar-refractivity contribution < 1.29 is 0 Å². The molecule has 8 nitrogen and oxygen atoms in total. The molecule has 0 N–H and O–H groups in total. The number of benzene rings is 1. The maximum absolute atomic E-state index is 13.4. The van der Waals surface area contributed by atoms with Crippen molar-refractivity contribution in [3.63, 3.8) is 0 Å². The van der Waals surface area contributed by atoms with Gasteiger partial charge in [0.25, 0.3) is 5.56 Å². The summed E-state index contributed by atoms with van der Waals surface area (Å²) in [6.07, 6.45) is 0. The summed E-state index contributed by atoms with van der Waals surface area (Å²) in [4.78, 5) is 31.0. The van der Waals surface area contributed by atoms with E-state index in [-0.39, 0.29) is 23.8 Å². The maximum atomic E-state index is 13.4. The van der Waals surface area contributed by atoms with Crippen LogP contribution in [-0.4, -0.2) is 31.4 Å². The summed E-state index contributed by atoms with van der Waals surface area (Å²) in [5.41, 5.74) is 4.08. The van der Waals surface area contributed by atoms with Crippen LogP contribution in [-0.2, 0) is 13.6 Å². The number of aromatic nitrogens is 4. The summed E-state index contributed by atoms with van der Waals surface area (Å²) in [6, 6.07) is 5.94. The van der Waals surface area contributed by atoms with Crippen molar-refractivity contribution in [2.75, 3.05) is 12.1 Å². The molecule has 0 fully saturated rings. The van der Waals surface area contributed by atoms with Crippen LogP contribution in [0.15, 0.2) is 32.9 Å². The van der Waals surface area contributed by atoms with Crippen LogP contribution < -0.4 is 16.3 Å². The fourth-order valence-corrected chi connectivity index (χ4v) is 3.76. The van der Waals surface area contributed by atoms with E-state index in [2.05, 4.69) is 10.1 Å². The minimum Gasteiger partial charge on any atom is -0.294 e. The van der Waals surface area contributed by atoms with Gasteiger partial charge >= 0.3 is 5.69 Å². The number of anilines is 1. The Kier molecular flexibility index (Phi) is 4.02. The lowest BCUT2D eigenvalue weighted by molar-refractivity contribution is 0.636. The second kappa shape index (κ2) is 6.19. The zero-order valence-corrected chi connectivity index (χ0v) is 17.0. The van der Waals surface area contributed by atoms with E-state index in [0.29, 0.717) is 17.1 Å². The number of nitrogens with zero attached hydrogens (tertiary/aromatic N) is 6. The highest BCUT2D eigenvalue weighted by Crippen LogP contribution is 2.28. The Morgan fingerprint density at radius 2 is 1.82 bits per heavy atom. The molecule has 2 aromatic heterocycles. The number of aryl methyl sites for hydroxylation is 3. The minimum absolute atomic E-state index is 0.115. The topological polar surface area (TPSA) is 77.4 Å². The molecular weight excluding hydrogens is 356 g/mol. The van der Waals surface area contributed by atoms with Gasteiger partial charge in [-0.1, -0.05) is 23.8 Å². The zero-order valence-electron chi connectivity index (χ0n) is 17.0. The van der Waals surface area contributed by atoms with Crippen molar-refractivity contribution >= 4 is 22.8 Å². The van der Waals surface area contributed by atoms with Gasteiger partial charge in [0.15, 0.2) is 11.2 Å². The van der Waals surface area contributed by atoms with Gasteiger partial charge in [-0.2, -0.15) is 10.1 Å². The van der Waals surface area contributed by atoms with Crippen molar-refractivity contribution in [1.82, 2.24) is 18.7 Å². The number of fused-ring (bicyclic) bond motifs is 3. The zero-order chi connectivity index (χ0) is 20.3. The Bertz CT molecular complexity index is 1260. The molecule has 146 valence electrons. The Morgan fingerprint density at radius 1 is 1.11 bits per heavy atom.